The third-order valence-corrected chi connectivity index (χ3v) is 5.42. The van der Waals surface area contributed by atoms with Gasteiger partial charge >= 0.3 is 12.1 Å². The van der Waals surface area contributed by atoms with Gasteiger partial charge in [0.2, 0.25) is 5.76 Å². The van der Waals surface area contributed by atoms with Gasteiger partial charge in [0, 0.05) is 24.7 Å². The number of aliphatic carboxylic acids is 1. The van der Waals surface area contributed by atoms with Gasteiger partial charge < -0.3 is 19.5 Å². The average Bonchev–Trinajstić information content (AvgIpc) is 2.86. The lowest BCUT2D eigenvalue weighted by atomic mass is 10.00. The van der Waals surface area contributed by atoms with E-state index in [9.17, 15) is 22.8 Å². The number of hydrogen-bond acceptors (Lipinski definition) is 4. The predicted molar refractivity (Wildman–Crippen MR) is 128 cm³/mol. The van der Waals surface area contributed by atoms with Gasteiger partial charge in [0.05, 0.1) is 19.8 Å². The monoisotopic (exact) mass is 499 g/mol. The Morgan fingerprint density at radius 1 is 1.00 bits per heavy atom. The highest BCUT2D eigenvalue weighted by Gasteiger charge is 2.30. The van der Waals surface area contributed by atoms with Crippen LogP contribution in [0.2, 0.25) is 0 Å². The second kappa shape index (κ2) is 11.0. The van der Waals surface area contributed by atoms with Gasteiger partial charge in [-0.15, -0.1) is 0 Å². The molecule has 0 aliphatic heterocycles. The molecule has 0 bridgehead atoms. The summed E-state index contributed by atoms with van der Waals surface area (Å²) in [7, 11) is 4.35. The van der Waals surface area contributed by atoms with Crippen LogP contribution in [-0.2, 0) is 22.3 Å². The van der Waals surface area contributed by atoms with Crippen LogP contribution >= 0.6 is 0 Å². The van der Waals surface area contributed by atoms with Crippen LogP contribution in [0.5, 0.6) is 5.75 Å². The van der Waals surface area contributed by atoms with Gasteiger partial charge in [-0.1, -0.05) is 30.3 Å². The first kappa shape index (κ1) is 26.3. The van der Waals surface area contributed by atoms with Crippen molar-refractivity contribution in [3.63, 3.8) is 0 Å². The standard InChI is InChI=1S/C27H24F3NO5/c1-31(25(32)19-8-10-21(11-9-19)27(28,29)30)16-18-5-4-6-20(13-18)22-12-7-17(14-23(22)35-2)15-24(36-3)26(33)34/h4-15H,16H2,1-3H3,(H,33,34)/b24-15-. The Balaban J connectivity index is 1.81. The summed E-state index contributed by atoms with van der Waals surface area (Å²) in [6, 6.07) is 16.7. The Morgan fingerprint density at radius 3 is 2.28 bits per heavy atom. The van der Waals surface area contributed by atoms with Crippen LogP contribution < -0.4 is 4.74 Å². The molecule has 3 rings (SSSR count). The second-order valence-corrected chi connectivity index (χ2v) is 7.91. The molecule has 0 heterocycles. The molecule has 0 saturated carbocycles. The summed E-state index contributed by atoms with van der Waals surface area (Å²) in [4.78, 5) is 25.4. The van der Waals surface area contributed by atoms with Crippen LogP contribution in [0.3, 0.4) is 0 Å². The number of alkyl halides is 3. The number of carboxylic acids is 1. The Labute approximate surface area is 206 Å². The van der Waals surface area contributed by atoms with E-state index in [-0.39, 0.29) is 17.9 Å². The van der Waals surface area contributed by atoms with Crippen LogP contribution in [0.4, 0.5) is 13.2 Å². The number of ether oxygens (including phenoxy) is 2. The van der Waals surface area contributed by atoms with E-state index in [4.69, 9.17) is 14.6 Å². The van der Waals surface area contributed by atoms with E-state index in [0.29, 0.717) is 11.3 Å². The summed E-state index contributed by atoms with van der Waals surface area (Å²) in [6.07, 6.45) is -3.08. The minimum atomic E-state index is -4.47. The normalized spacial score (nSPS) is 11.7. The first-order valence-electron chi connectivity index (χ1n) is 10.7. The lowest BCUT2D eigenvalue weighted by Crippen LogP contribution is -2.26. The summed E-state index contributed by atoms with van der Waals surface area (Å²) in [5, 5.41) is 9.15. The topological polar surface area (TPSA) is 76.1 Å². The first-order chi connectivity index (χ1) is 17.0. The highest BCUT2D eigenvalue weighted by Crippen LogP contribution is 2.33. The zero-order valence-electron chi connectivity index (χ0n) is 19.8. The second-order valence-electron chi connectivity index (χ2n) is 7.91. The van der Waals surface area contributed by atoms with Crippen LogP contribution in [0.15, 0.2) is 72.5 Å². The maximum absolute atomic E-state index is 12.8. The number of rotatable bonds is 8. The third-order valence-electron chi connectivity index (χ3n) is 5.42. The molecule has 1 amide bonds. The van der Waals surface area contributed by atoms with Crippen molar-refractivity contribution in [3.8, 4) is 16.9 Å². The molecule has 0 spiro atoms. The molecule has 3 aromatic carbocycles. The molecular formula is C27H24F3NO5. The van der Waals surface area contributed by atoms with Gasteiger partial charge in [-0.2, -0.15) is 13.2 Å². The molecule has 6 nitrogen and oxygen atoms in total. The molecule has 1 N–H and O–H groups in total. The number of halogens is 3. The van der Waals surface area contributed by atoms with Crippen molar-refractivity contribution in [2.45, 2.75) is 12.7 Å². The highest BCUT2D eigenvalue weighted by atomic mass is 19.4. The Bertz CT molecular complexity index is 1280. The minimum absolute atomic E-state index is 0.156. The van der Waals surface area contributed by atoms with E-state index in [1.807, 2.05) is 24.3 Å². The molecule has 0 saturated heterocycles. The molecule has 0 aliphatic rings. The largest absolute Gasteiger partial charge is 0.496 e. The van der Waals surface area contributed by atoms with E-state index in [1.54, 1.807) is 25.2 Å². The Hall–Kier alpha value is -4.27. The van der Waals surface area contributed by atoms with Crippen LogP contribution in [0.25, 0.3) is 17.2 Å². The maximum atomic E-state index is 12.8. The van der Waals surface area contributed by atoms with E-state index in [1.165, 1.54) is 25.2 Å². The zero-order chi connectivity index (χ0) is 26.5. The summed E-state index contributed by atoms with van der Waals surface area (Å²) >= 11 is 0. The van der Waals surface area contributed by atoms with Gasteiger partial charge in [0.1, 0.15) is 5.75 Å². The molecular weight excluding hydrogens is 475 g/mol. The molecule has 9 heteroatoms. The fraction of sp³-hybridized carbons (Fsp3) is 0.185. The molecule has 0 aliphatic carbocycles. The zero-order valence-corrected chi connectivity index (χ0v) is 19.8. The van der Waals surface area contributed by atoms with Gasteiger partial charge in [-0.05, 0) is 59.2 Å². The number of carbonyl (C=O) groups is 2. The van der Waals surface area contributed by atoms with Crippen molar-refractivity contribution in [1.29, 1.82) is 0 Å². The fourth-order valence-electron chi connectivity index (χ4n) is 3.60. The summed E-state index contributed by atoms with van der Waals surface area (Å²) in [5.74, 6) is -1.30. The summed E-state index contributed by atoms with van der Waals surface area (Å²) < 4.78 is 48.7. The molecule has 0 unspecified atom stereocenters. The third kappa shape index (κ3) is 6.24. The number of amides is 1. The van der Waals surface area contributed by atoms with Crippen LogP contribution in [0.1, 0.15) is 27.0 Å². The van der Waals surface area contributed by atoms with Gasteiger partial charge in [-0.25, -0.2) is 4.79 Å². The van der Waals surface area contributed by atoms with E-state index in [2.05, 4.69) is 0 Å². The lowest BCUT2D eigenvalue weighted by Gasteiger charge is -2.19. The number of methoxy groups -OCH3 is 2. The van der Waals surface area contributed by atoms with Crippen molar-refractivity contribution >= 4 is 18.0 Å². The lowest BCUT2D eigenvalue weighted by molar-refractivity contribution is -0.138. The average molecular weight is 499 g/mol. The fourth-order valence-corrected chi connectivity index (χ4v) is 3.60. The summed E-state index contributed by atoms with van der Waals surface area (Å²) in [5.41, 5.74) is 2.28. The van der Waals surface area contributed by atoms with Crippen LogP contribution in [0, 0.1) is 0 Å². The number of hydrogen-bond donors (Lipinski definition) is 1. The SMILES string of the molecule is CO/C(=C\c1ccc(-c2cccc(CN(C)C(=O)c3ccc(C(F)(F)F)cc3)c2)c(OC)c1)C(=O)O. The molecule has 188 valence electrons. The van der Waals surface area contributed by atoms with E-state index in [0.717, 1.165) is 41.0 Å². The number of carboxylic acid groups (broad SMARTS) is 1. The van der Waals surface area contributed by atoms with Crippen molar-refractivity contribution < 1.29 is 37.3 Å². The van der Waals surface area contributed by atoms with Gasteiger partial charge in [0.25, 0.3) is 5.91 Å². The first-order valence-corrected chi connectivity index (χ1v) is 10.7. The summed E-state index contributed by atoms with van der Waals surface area (Å²) in [6.45, 7) is 0.229. The molecule has 36 heavy (non-hydrogen) atoms. The number of benzene rings is 3. The smallest absolute Gasteiger partial charge is 0.416 e. The van der Waals surface area contributed by atoms with Crippen molar-refractivity contribution in [3.05, 3.63) is 94.7 Å². The number of nitrogens with zero attached hydrogens (tertiary/aromatic N) is 1. The Morgan fingerprint density at radius 2 is 1.69 bits per heavy atom. The van der Waals surface area contributed by atoms with Crippen molar-refractivity contribution in [2.24, 2.45) is 0 Å². The molecule has 0 radical (unpaired) electrons. The molecule has 3 aromatic rings. The number of carbonyl (C=O) groups excluding carboxylic acids is 1. The van der Waals surface area contributed by atoms with E-state index < -0.39 is 23.6 Å². The molecule has 0 atom stereocenters. The van der Waals surface area contributed by atoms with Crippen molar-refractivity contribution in [2.75, 3.05) is 21.3 Å². The quantitative estimate of drug-likeness (QED) is 0.317. The Kier molecular flexibility index (Phi) is 8.03. The maximum Gasteiger partial charge on any atom is 0.416 e. The van der Waals surface area contributed by atoms with Crippen molar-refractivity contribution in [1.82, 2.24) is 4.90 Å². The van der Waals surface area contributed by atoms with E-state index >= 15 is 0 Å². The van der Waals surface area contributed by atoms with Crippen LogP contribution in [-0.4, -0.2) is 43.2 Å². The molecule has 0 fully saturated rings. The van der Waals surface area contributed by atoms with Gasteiger partial charge in [0.15, 0.2) is 0 Å². The minimum Gasteiger partial charge on any atom is -0.496 e. The molecule has 0 aromatic heterocycles. The highest BCUT2D eigenvalue weighted by molar-refractivity contribution is 5.94. The van der Waals surface area contributed by atoms with Gasteiger partial charge in [-0.3, -0.25) is 4.79 Å². The predicted octanol–water partition coefficient (Wildman–Crippen LogP) is 5.73.